The van der Waals surface area contributed by atoms with E-state index < -0.39 is 0 Å². The molecule has 1 aromatic rings. The zero-order valence-electron chi connectivity index (χ0n) is 11.5. The van der Waals surface area contributed by atoms with Crippen LogP contribution in [0.1, 0.15) is 37.6 Å². The Bertz CT molecular complexity index is 443. The molecular weight excluding hydrogens is 372 g/mol. The molecule has 0 aromatic heterocycles. The molecule has 0 radical (unpaired) electrons. The Hall–Kier alpha value is -0.390. The topological polar surface area (TPSA) is 55.1 Å². The number of amides is 1. The van der Waals surface area contributed by atoms with Crippen molar-refractivity contribution in [1.82, 2.24) is 5.32 Å². The highest BCUT2D eigenvalue weighted by atomic mass is 79.9. The fraction of sp³-hybridized carbons (Fsp3) is 0.500. The third kappa shape index (κ3) is 5.24. The van der Waals surface area contributed by atoms with Gasteiger partial charge in [0.1, 0.15) is 0 Å². The summed E-state index contributed by atoms with van der Waals surface area (Å²) in [4.78, 5) is 12.3. The van der Waals surface area contributed by atoms with Crippen molar-refractivity contribution in [1.29, 1.82) is 0 Å². The molecule has 0 heterocycles. The second-order valence-electron chi connectivity index (χ2n) is 5.48. The van der Waals surface area contributed by atoms with Crippen molar-refractivity contribution in [3.05, 3.63) is 32.7 Å². The van der Waals surface area contributed by atoms with Gasteiger partial charge in [-0.1, -0.05) is 45.7 Å². The Kier molecular flexibility index (Phi) is 6.02. The first kappa shape index (κ1) is 16.7. The van der Waals surface area contributed by atoms with E-state index in [9.17, 15) is 4.79 Å². The minimum atomic E-state index is -0.375. The van der Waals surface area contributed by atoms with Gasteiger partial charge in [-0.15, -0.1) is 0 Å². The number of rotatable bonds is 5. The van der Waals surface area contributed by atoms with Gasteiger partial charge in [-0.05, 0) is 37.5 Å². The monoisotopic (exact) mass is 390 g/mol. The maximum absolute atomic E-state index is 12.3. The second kappa shape index (κ2) is 6.86. The molecule has 0 aliphatic rings. The lowest BCUT2D eigenvalue weighted by atomic mass is 9.90. The number of carbonyl (C=O) groups is 1. The maximum atomic E-state index is 12.3. The fourth-order valence-corrected chi connectivity index (χ4v) is 3.41. The van der Waals surface area contributed by atoms with E-state index in [1.807, 2.05) is 13.0 Å². The molecule has 0 aliphatic heterocycles. The molecule has 3 N–H and O–H groups in total. The van der Waals surface area contributed by atoms with Gasteiger partial charge < -0.3 is 11.1 Å². The fourth-order valence-electron chi connectivity index (χ4n) is 2.12. The van der Waals surface area contributed by atoms with Crippen molar-refractivity contribution in [2.45, 2.75) is 32.7 Å². The number of nitrogens with one attached hydrogen (secondary N) is 1. The Balaban J connectivity index is 2.88. The Morgan fingerprint density at radius 3 is 2.26 bits per heavy atom. The van der Waals surface area contributed by atoms with Gasteiger partial charge in [-0.2, -0.15) is 0 Å². The zero-order chi connectivity index (χ0) is 14.6. The molecule has 1 unspecified atom stereocenters. The standard InChI is InChI=1S/C14H20Br2N2O/c1-9(2)7-14(3,8-17)18-13(19)10-4-11(15)6-12(16)5-10/h4-6,9H,7-8,17H2,1-3H3,(H,18,19). The molecule has 0 bridgehead atoms. The predicted molar refractivity (Wildman–Crippen MR) is 86.2 cm³/mol. The van der Waals surface area contributed by atoms with Crippen molar-refractivity contribution >= 4 is 37.8 Å². The van der Waals surface area contributed by atoms with Crippen molar-refractivity contribution < 1.29 is 4.79 Å². The van der Waals surface area contributed by atoms with Gasteiger partial charge in [0, 0.05) is 26.6 Å². The van der Waals surface area contributed by atoms with Crippen LogP contribution in [0.4, 0.5) is 0 Å². The third-order valence-corrected chi connectivity index (χ3v) is 3.77. The minimum Gasteiger partial charge on any atom is -0.346 e. The molecule has 1 aromatic carbocycles. The summed E-state index contributed by atoms with van der Waals surface area (Å²) in [6, 6.07) is 5.49. The Labute approximate surface area is 131 Å². The molecule has 3 nitrogen and oxygen atoms in total. The van der Waals surface area contributed by atoms with Crippen LogP contribution >= 0.6 is 31.9 Å². The SMILES string of the molecule is CC(C)CC(C)(CN)NC(=O)c1cc(Br)cc(Br)c1. The van der Waals surface area contributed by atoms with E-state index in [2.05, 4.69) is 51.0 Å². The molecule has 0 spiro atoms. The molecule has 0 aliphatic carbocycles. The van der Waals surface area contributed by atoms with Crippen LogP contribution in [0.5, 0.6) is 0 Å². The molecule has 0 saturated heterocycles. The second-order valence-corrected chi connectivity index (χ2v) is 7.31. The van der Waals surface area contributed by atoms with E-state index in [0.29, 0.717) is 18.0 Å². The summed E-state index contributed by atoms with van der Waals surface area (Å²) in [5, 5.41) is 3.04. The van der Waals surface area contributed by atoms with Gasteiger partial charge in [0.05, 0.1) is 0 Å². The third-order valence-electron chi connectivity index (χ3n) is 2.85. The Morgan fingerprint density at radius 2 is 1.84 bits per heavy atom. The maximum Gasteiger partial charge on any atom is 0.251 e. The van der Waals surface area contributed by atoms with Gasteiger partial charge >= 0.3 is 0 Å². The quantitative estimate of drug-likeness (QED) is 0.803. The van der Waals surface area contributed by atoms with E-state index in [0.717, 1.165) is 15.4 Å². The normalized spacial score (nSPS) is 14.3. The van der Waals surface area contributed by atoms with E-state index >= 15 is 0 Å². The van der Waals surface area contributed by atoms with E-state index in [4.69, 9.17) is 5.73 Å². The van der Waals surface area contributed by atoms with Crippen molar-refractivity contribution in [3.8, 4) is 0 Å². The molecular formula is C14H20Br2N2O. The van der Waals surface area contributed by atoms with Gasteiger partial charge in [0.15, 0.2) is 0 Å². The van der Waals surface area contributed by atoms with Crippen LogP contribution in [0.2, 0.25) is 0 Å². The average molecular weight is 392 g/mol. The van der Waals surface area contributed by atoms with E-state index in [-0.39, 0.29) is 11.4 Å². The van der Waals surface area contributed by atoms with Gasteiger partial charge in [-0.25, -0.2) is 0 Å². The van der Waals surface area contributed by atoms with Gasteiger partial charge in [0.2, 0.25) is 0 Å². The number of halogens is 2. The van der Waals surface area contributed by atoms with Crippen LogP contribution in [-0.2, 0) is 0 Å². The number of hydrogen-bond donors (Lipinski definition) is 2. The highest BCUT2D eigenvalue weighted by Gasteiger charge is 2.26. The smallest absolute Gasteiger partial charge is 0.251 e. The largest absolute Gasteiger partial charge is 0.346 e. The van der Waals surface area contributed by atoms with Crippen LogP contribution in [0.25, 0.3) is 0 Å². The number of nitrogens with two attached hydrogens (primary N) is 1. The molecule has 1 rings (SSSR count). The summed E-state index contributed by atoms with van der Waals surface area (Å²) in [5.41, 5.74) is 6.05. The van der Waals surface area contributed by atoms with Crippen LogP contribution in [0.15, 0.2) is 27.1 Å². The molecule has 1 amide bonds. The zero-order valence-corrected chi connectivity index (χ0v) is 14.6. The number of carbonyl (C=O) groups excluding carboxylic acids is 1. The van der Waals surface area contributed by atoms with Crippen LogP contribution in [0, 0.1) is 5.92 Å². The first-order valence-corrected chi connectivity index (χ1v) is 7.83. The molecule has 106 valence electrons. The van der Waals surface area contributed by atoms with Gasteiger partial charge in [0.25, 0.3) is 5.91 Å². The van der Waals surface area contributed by atoms with Crippen molar-refractivity contribution in [2.24, 2.45) is 11.7 Å². The molecule has 0 fully saturated rings. The van der Waals surface area contributed by atoms with Crippen LogP contribution in [-0.4, -0.2) is 18.0 Å². The predicted octanol–water partition coefficient (Wildman–Crippen LogP) is 3.70. The molecule has 0 saturated carbocycles. The molecule has 5 heteroatoms. The summed E-state index contributed by atoms with van der Waals surface area (Å²) < 4.78 is 1.73. The van der Waals surface area contributed by atoms with E-state index in [1.54, 1.807) is 12.1 Å². The van der Waals surface area contributed by atoms with Crippen molar-refractivity contribution in [3.63, 3.8) is 0 Å². The summed E-state index contributed by atoms with van der Waals surface area (Å²) in [5.74, 6) is 0.374. The number of hydrogen-bond acceptors (Lipinski definition) is 2. The highest BCUT2D eigenvalue weighted by Crippen LogP contribution is 2.21. The number of benzene rings is 1. The van der Waals surface area contributed by atoms with E-state index in [1.165, 1.54) is 0 Å². The summed E-state index contributed by atoms with van der Waals surface area (Å²) >= 11 is 6.77. The summed E-state index contributed by atoms with van der Waals surface area (Å²) in [6.07, 6.45) is 0.852. The first-order chi connectivity index (χ1) is 8.75. The van der Waals surface area contributed by atoms with Crippen LogP contribution < -0.4 is 11.1 Å². The summed E-state index contributed by atoms with van der Waals surface area (Å²) in [7, 11) is 0. The Morgan fingerprint density at radius 1 is 1.32 bits per heavy atom. The van der Waals surface area contributed by atoms with Crippen LogP contribution in [0.3, 0.4) is 0 Å². The lowest BCUT2D eigenvalue weighted by Crippen LogP contribution is -2.52. The van der Waals surface area contributed by atoms with Gasteiger partial charge in [-0.3, -0.25) is 4.79 Å². The highest BCUT2D eigenvalue weighted by molar-refractivity contribution is 9.11. The lowest BCUT2D eigenvalue weighted by molar-refractivity contribution is 0.0898. The average Bonchev–Trinajstić information content (AvgIpc) is 2.26. The molecule has 1 atom stereocenters. The molecule has 19 heavy (non-hydrogen) atoms. The first-order valence-electron chi connectivity index (χ1n) is 6.24. The summed E-state index contributed by atoms with van der Waals surface area (Å²) in [6.45, 7) is 6.65. The minimum absolute atomic E-state index is 0.101. The van der Waals surface area contributed by atoms with Crippen molar-refractivity contribution in [2.75, 3.05) is 6.54 Å². The lowest BCUT2D eigenvalue weighted by Gasteiger charge is -2.31.